The maximum atomic E-state index is 13.6. The van der Waals surface area contributed by atoms with Crippen molar-refractivity contribution in [3.63, 3.8) is 0 Å². The molecule has 2 aromatic rings. The summed E-state index contributed by atoms with van der Waals surface area (Å²) in [5, 5.41) is 0. The summed E-state index contributed by atoms with van der Waals surface area (Å²) < 4.78 is 26.9. The fraction of sp³-hybridized carbons (Fsp3) is 0.348. The Labute approximate surface area is 173 Å². The van der Waals surface area contributed by atoms with E-state index in [1.165, 1.54) is 34.1 Å². The molecule has 1 aliphatic heterocycles. The van der Waals surface area contributed by atoms with Crippen LogP contribution in [0.4, 0.5) is 14.5 Å². The average molecular weight is 412 g/mol. The second-order valence-electron chi connectivity index (χ2n) is 7.68. The van der Waals surface area contributed by atoms with Crippen LogP contribution in [0.5, 0.6) is 0 Å². The lowest BCUT2D eigenvalue weighted by molar-refractivity contribution is 0.0549. The van der Waals surface area contributed by atoms with Gasteiger partial charge in [-0.25, -0.2) is 8.78 Å². The van der Waals surface area contributed by atoms with Crippen LogP contribution in [0.1, 0.15) is 70.1 Å². The number of hydrogen-bond acceptors (Lipinski definition) is 3. The first-order valence-electron chi connectivity index (χ1n) is 10.2. The molecular formula is C23H22F2N2O3. The summed E-state index contributed by atoms with van der Waals surface area (Å²) in [6, 6.07) is 7.59. The van der Waals surface area contributed by atoms with Crippen LogP contribution in [0.2, 0.25) is 0 Å². The SMILES string of the molecule is CCN(C(=O)c1ccc2c(c1)C(=O)N(C1CCCCC1)C2=O)c1ccc(F)c(F)c1. The fourth-order valence-corrected chi connectivity index (χ4v) is 4.32. The zero-order valence-corrected chi connectivity index (χ0v) is 16.7. The second kappa shape index (κ2) is 7.97. The first kappa shape index (κ1) is 20.2. The van der Waals surface area contributed by atoms with Crippen LogP contribution >= 0.6 is 0 Å². The van der Waals surface area contributed by atoms with Crippen LogP contribution < -0.4 is 4.90 Å². The number of fused-ring (bicyclic) bond motifs is 1. The Bertz CT molecular complexity index is 1030. The number of halogens is 2. The first-order valence-corrected chi connectivity index (χ1v) is 10.2. The quantitative estimate of drug-likeness (QED) is 0.692. The molecule has 0 saturated heterocycles. The van der Waals surface area contributed by atoms with Gasteiger partial charge in [-0.05, 0) is 50.1 Å². The number of carbonyl (C=O) groups excluding carboxylic acids is 3. The third-order valence-corrected chi connectivity index (χ3v) is 5.88. The molecule has 156 valence electrons. The molecule has 0 aromatic heterocycles. The van der Waals surface area contributed by atoms with Gasteiger partial charge in [0.05, 0.1) is 11.1 Å². The normalized spacial score (nSPS) is 16.7. The molecule has 3 amide bonds. The van der Waals surface area contributed by atoms with Crippen LogP contribution in [0.3, 0.4) is 0 Å². The van der Waals surface area contributed by atoms with Gasteiger partial charge in [0, 0.05) is 29.9 Å². The number of carbonyl (C=O) groups is 3. The van der Waals surface area contributed by atoms with E-state index < -0.39 is 17.5 Å². The smallest absolute Gasteiger partial charge is 0.261 e. The summed E-state index contributed by atoms with van der Waals surface area (Å²) in [5.74, 6) is -3.17. The lowest BCUT2D eigenvalue weighted by atomic mass is 9.94. The van der Waals surface area contributed by atoms with E-state index in [0.29, 0.717) is 5.56 Å². The highest BCUT2D eigenvalue weighted by Gasteiger charge is 2.40. The van der Waals surface area contributed by atoms with Crippen LogP contribution in [0.15, 0.2) is 36.4 Å². The second-order valence-corrected chi connectivity index (χ2v) is 7.68. The summed E-state index contributed by atoms with van der Waals surface area (Å²) in [7, 11) is 0. The number of nitrogens with zero attached hydrogens (tertiary/aromatic N) is 2. The fourth-order valence-electron chi connectivity index (χ4n) is 4.32. The molecule has 30 heavy (non-hydrogen) atoms. The van der Waals surface area contributed by atoms with Gasteiger partial charge in [0.15, 0.2) is 11.6 Å². The molecule has 2 aromatic carbocycles. The largest absolute Gasteiger partial charge is 0.309 e. The number of anilines is 1. The van der Waals surface area contributed by atoms with Gasteiger partial charge in [-0.3, -0.25) is 19.3 Å². The topological polar surface area (TPSA) is 57.7 Å². The van der Waals surface area contributed by atoms with Crippen molar-refractivity contribution in [3.05, 3.63) is 64.7 Å². The van der Waals surface area contributed by atoms with Crippen molar-refractivity contribution in [2.24, 2.45) is 0 Å². The lowest BCUT2D eigenvalue weighted by Crippen LogP contribution is -2.40. The van der Waals surface area contributed by atoms with Gasteiger partial charge < -0.3 is 4.90 Å². The zero-order valence-electron chi connectivity index (χ0n) is 16.7. The number of hydrogen-bond donors (Lipinski definition) is 0. The third kappa shape index (κ3) is 3.38. The number of imide groups is 1. The van der Waals surface area contributed by atoms with Crippen LogP contribution in [-0.4, -0.2) is 35.2 Å². The third-order valence-electron chi connectivity index (χ3n) is 5.88. The van der Waals surface area contributed by atoms with E-state index >= 15 is 0 Å². The van der Waals surface area contributed by atoms with E-state index in [1.54, 1.807) is 6.92 Å². The highest BCUT2D eigenvalue weighted by molar-refractivity contribution is 6.22. The molecule has 4 rings (SSSR count). The van der Waals surface area contributed by atoms with Crippen molar-refractivity contribution in [1.29, 1.82) is 0 Å². The van der Waals surface area contributed by atoms with Gasteiger partial charge in [-0.1, -0.05) is 19.3 Å². The Morgan fingerprint density at radius 2 is 1.67 bits per heavy atom. The molecule has 0 unspecified atom stereocenters. The first-order chi connectivity index (χ1) is 14.4. The number of amides is 3. The van der Waals surface area contributed by atoms with Crippen molar-refractivity contribution in [1.82, 2.24) is 4.90 Å². The van der Waals surface area contributed by atoms with Crippen molar-refractivity contribution in [3.8, 4) is 0 Å². The molecule has 5 nitrogen and oxygen atoms in total. The Kier molecular flexibility index (Phi) is 5.37. The van der Waals surface area contributed by atoms with E-state index in [-0.39, 0.29) is 41.2 Å². The summed E-state index contributed by atoms with van der Waals surface area (Å²) in [5.41, 5.74) is 0.955. The van der Waals surface area contributed by atoms with Gasteiger partial charge in [0.1, 0.15) is 0 Å². The summed E-state index contributed by atoms with van der Waals surface area (Å²) >= 11 is 0. The highest BCUT2D eigenvalue weighted by atomic mass is 19.2. The van der Waals surface area contributed by atoms with E-state index in [0.717, 1.165) is 44.2 Å². The predicted molar refractivity (Wildman–Crippen MR) is 108 cm³/mol. The van der Waals surface area contributed by atoms with Crippen molar-refractivity contribution < 1.29 is 23.2 Å². The molecule has 1 heterocycles. The van der Waals surface area contributed by atoms with E-state index in [4.69, 9.17) is 0 Å². The summed E-state index contributed by atoms with van der Waals surface area (Å²) in [6.07, 6.45) is 4.69. The monoisotopic (exact) mass is 412 g/mol. The van der Waals surface area contributed by atoms with Gasteiger partial charge in [-0.15, -0.1) is 0 Å². The minimum atomic E-state index is -1.04. The summed E-state index contributed by atoms with van der Waals surface area (Å²) in [4.78, 5) is 41.4. The van der Waals surface area contributed by atoms with Gasteiger partial charge in [0.2, 0.25) is 0 Å². The predicted octanol–water partition coefficient (Wildman–Crippen LogP) is 4.56. The average Bonchev–Trinajstić information content (AvgIpc) is 3.01. The molecule has 0 bridgehead atoms. The Morgan fingerprint density at radius 3 is 2.33 bits per heavy atom. The van der Waals surface area contributed by atoms with Crippen molar-refractivity contribution in [2.75, 3.05) is 11.4 Å². The molecule has 0 atom stereocenters. The van der Waals surface area contributed by atoms with E-state index in [2.05, 4.69) is 0 Å². The van der Waals surface area contributed by atoms with Crippen molar-refractivity contribution >= 4 is 23.4 Å². The molecule has 1 fully saturated rings. The van der Waals surface area contributed by atoms with E-state index in [1.807, 2.05) is 0 Å². The maximum Gasteiger partial charge on any atom is 0.261 e. The van der Waals surface area contributed by atoms with Gasteiger partial charge in [0.25, 0.3) is 17.7 Å². The molecule has 0 N–H and O–H groups in total. The maximum absolute atomic E-state index is 13.6. The molecular weight excluding hydrogens is 390 g/mol. The molecule has 1 aliphatic carbocycles. The Hall–Kier alpha value is -3.09. The van der Waals surface area contributed by atoms with Crippen LogP contribution in [0, 0.1) is 11.6 Å². The van der Waals surface area contributed by atoms with E-state index in [9.17, 15) is 23.2 Å². The molecule has 2 aliphatic rings. The molecule has 1 saturated carbocycles. The minimum Gasteiger partial charge on any atom is -0.309 e. The molecule has 0 spiro atoms. The molecule has 7 heteroatoms. The van der Waals surface area contributed by atoms with Gasteiger partial charge >= 0.3 is 0 Å². The van der Waals surface area contributed by atoms with Crippen molar-refractivity contribution in [2.45, 2.75) is 45.1 Å². The number of benzene rings is 2. The Morgan fingerprint density at radius 1 is 0.967 bits per heavy atom. The lowest BCUT2D eigenvalue weighted by Gasteiger charge is -2.29. The number of rotatable bonds is 4. The minimum absolute atomic E-state index is 0.0976. The van der Waals surface area contributed by atoms with Gasteiger partial charge in [-0.2, -0.15) is 0 Å². The van der Waals surface area contributed by atoms with Crippen LogP contribution in [0.25, 0.3) is 0 Å². The highest BCUT2D eigenvalue weighted by Crippen LogP contribution is 2.32. The zero-order chi connectivity index (χ0) is 21.4. The molecule has 0 radical (unpaired) electrons. The summed E-state index contributed by atoms with van der Waals surface area (Å²) in [6.45, 7) is 1.94. The van der Waals surface area contributed by atoms with Crippen LogP contribution in [-0.2, 0) is 0 Å². The Balaban J connectivity index is 1.63. The standard InChI is InChI=1S/C23H22F2N2O3/c1-2-26(16-9-11-19(24)20(25)13-16)21(28)14-8-10-17-18(12-14)23(30)27(22(17)29)15-6-4-3-5-7-15/h8-13,15H,2-7H2,1H3.